The van der Waals surface area contributed by atoms with Crippen molar-refractivity contribution < 1.29 is 13.2 Å². The van der Waals surface area contributed by atoms with Gasteiger partial charge >= 0.3 is 0 Å². The molecule has 0 atom stereocenters. The average Bonchev–Trinajstić information content (AvgIpc) is 2.84. The third-order valence-electron chi connectivity index (χ3n) is 5.59. The first-order chi connectivity index (χ1) is 16.4. The summed E-state index contributed by atoms with van der Waals surface area (Å²) in [6, 6.07) is 29.9. The molecule has 0 radical (unpaired) electrons. The second-order valence-electron chi connectivity index (χ2n) is 7.99. The van der Waals surface area contributed by atoms with Crippen molar-refractivity contribution in [2.75, 3.05) is 16.2 Å². The highest BCUT2D eigenvalue weighted by atomic mass is 32.2. The molecule has 0 saturated carbocycles. The van der Waals surface area contributed by atoms with Crippen molar-refractivity contribution in [1.29, 1.82) is 0 Å². The average molecular weight is 487 g/mol. The van der Waals surface area contributed by atoms with E-state index in [1.165, 1.54) is 16.1 Å². The Hall–Kier alpha value is -3.55. The molecule has 0 aromatic heterocycles. The van der Waals surface area contributed by atoms with E-state index in [4.69, 9.17) is 0 Å². The number of anilines is 2. The Morgan fingerprint density at radius 1 is 0.853 bits per heavy atom. The molecule has 0 spiro atoms. The molecule has 1 amide bonds. The van der Waals surface area contributed by atoms with Gasteiger partial charge in [0.25, 0.3) is 10.0 Å². The molecule has 1 aliphatic rings. The lowest BCUT2D eigenvalue weighted by atomic mass is 10.0. The van der Waals surface area contributed by atoms with Crippen LogP contribution in [0.1, 0.15) is 5.56 Å². The van der Waals surface area contributed by atoms with Crippen LogP contribution in [0.5, 0.6) is 0 Å². The van der Waals surface area contributed by atoms with Crippen molar-refractivity contribution in [2.45, 2.75) is 21.6 Å². The van der Waals surface area contributed by atoms with E-state index in [0.29, 0.717) is 16.9 Å². The lowest BCUT2D eigenvalue weighted by Gasteiger charge is -2.32. The van der Waals surface area contributed by atoms with Crippen molar-refractivity contribution in [1.82, 2.24) is 0 Å². The summed E-state index contributed by atoms with van der Waals surface area (Å²) in [6.07, 6.45) is 0. The summed E-state index contributed by atoms with van der Waals surface area (Å²) in [4.78, 5) is 15.3. The van der Waals surface area contributed by atoms with Gasteiger partial charge < -0.3 is 5.32 Å². The number of nitrogens with zero attached hydrogens (tertiary/aromatic N) is 1. The maximum Gasteiger partial charge on any atom is 0.265 e. The van der Waals surface area contributed by atoms with Crippen LogP contribution in [-0.2, 0) is 14.8 Å². The molecule has 0 bridgehead atoms. The van der Waals surface area contributed by atoms with Crippen molar-refractivity contribution in [3.63, 3.8) is 0 Å². The van der Waals surface area contributed by atoms with Gasteiger partial charge in [-0.3, -0.25) is 9.10 Å². The topological polar surface area (TPSA) is 66.5 Å². The van der Waals surface area contributed by atoms with Gasteiger partial charge in [0.15, 0.2) is 0 Å². The zero-order valence-corrected chi connectivity index (χ0v) is 20.1. The number of carbonyl (C=O) groups excluding carboxylic acids is 1. The zero-order chi connectivity index (χ0) is 23.7. The number of hydrogen-bond donors (Lipinski definition) is 1. The molecule has 0 saturated heterocycles. The van der Waals surface area contributed by atoms with E-state index in [2.05, 4.69) is 5.32 Å². The van der Waals surface area contributed by atoms with Gasteiger partial charge in [-0.15, -0.1) is 0 Å². The first kappa shape index (κ1) is 22.3. The number of fused-ring (bicyclic) bond motifs is 3. The molecule has 5 nitrogen and oxygen atoms in total. The van der Waals surface area contributed by atoms with Crippen LogP contribution in [0.4, 0.5) is 11.4 Å². The minimum atomic E-state index is -3.89. The first-order valence-electron chi connectivity index (χ1n) is 10.8. The minimum absolute atomic E-state index is 0.209. The molecular weight excluding hydrogens is 464 g/mol. The minimum Gasteiger partial charge on any atom is -0.323 e. The number of nitrogens with one attached hydrogen (secondary N) is 1. The molecule has 34 heavy (non-hydrogen) atoms. The van der Waals surface area contributed by atoms with Gasteiger partial charge in [0.2, 0.25) is 5.91 Å². The lowest BCUT2D eigenvalue weighted by molar-refractivity contribution is -0.114. The van der Waals surface area contributed by atoms with Gasteiger partial charge in [0.05, 0.1) is 16.3 Å². The van der Waals surface area contributed by atoms with Gasteiger partial charge in [-0.2, -0.15) is 0 Å². The van der Waals surface area contributed by atoms with E-state index in [0.717, 1.165) is 20.9 Å². The molecule has 7 heteroatoms. The highest BCUT2D eigenvalue weighted by Gasteiger charge is 2.35. The maximum absolute atomic E-state index is 13.5. The number of benzene rings is 4. The fraction of sp³-hybridized carbons (Fsp3) is 0.0741. The Kier molecular flexibility index (Phi) is 5.89. The number of carbonyl (C=O) groups is 1. The second-order valence-corrected chi connectivity index (χ2v) is 10.9. The quantitative estimate of drug-likeness (QED) is 0.378. The molecule has 170 valence electrons. The second kappa shape index (κ2) is 9.00. The van der Waals surface area contributed by atoms with E-state index < -0.39 is 15.9 Å². The van der Waals surface area contributed by atoms with Crippen LogP contribution < -0.4 is 9.62 Å². The molecule has 0 aliphatic carbocycles. The fourth-order valence-electron chi connectivity index (χ4n) is 4.01. The van der Waals surface area contributed by atoms with Gasteiger partial charge in [-0.05, 0) is 49.4 Å². The number of rotatable bonds is 5. The van der Waals surface area contributed by atoms with E-state index in [1.54, 1.807) is 24.3 Å². The number of amides is 1. The Morgan fingerprint density at radius 3 is 2.38 bits per heavy atom. The molecule has 1 aliphatic heterocycles. The molecule has 1 heterocycles. The third kappa shape index (κ3) is 4.20. The van der Waals surface area contributed by atoms with Gasteiger partial charge in [-0.25, -0.2) is 8.42 Å². The lowest BCUT2D eigenvalue weighted by Crippen LogP contribution is -2.40. The summed E-state index contributed by atoms with van der Waals surface area (Å²) in [5.41, 5.74) is 3.62. The number of para-hydroxylation sites is 1. The summed E-state index contributed by atoms with van der Waals surface area (Å²) in [7, 11) is -3.89. The third-order valence-corrected chi connectivity index (χ3v) is 8.49. The summed E-state index contributed by atoms with van der Waals surface area (Å²) in [5.74, 6) is -0.407. The van der Waals surface area contributed by atoms with Crippen molar-refractivity contribution in [3.8, 4) is 11.1 Å². The van der Waals surface area contributed by atoms with Crippen LogP contribution in [0.25, 0.3) is 11.1 Å². The predicted octanol–water partition coefficient (Wildman–Crippen LogP) is 5.96. The van der Waals surface area contributed by atoms with E-state index in [1.807, 2.05) is 79.7 Å². The van der Waals surface area contributed by atoms with Crippen LogP contribution in [0.2, 0.25) is 0 Å². The largest absolute Gasteiger partial charge is 0.323 e. The monoisotopic (exact) mass is 486 g/mol. The number of sulfonamides is 1. The maximum atomic E-state index is 13.5. The molecule has 1 N–H and O–H groups in total. The molecular formula is C27H22N2O3S2. The highest BCUT2D eigenvalue weighted by Crippen LogP contribution is 2.43. The van der Waals surface area contributed by atoms with Crippen molar-refractivity contribution in [2.24, 2.45) is 0 Å². The summed E-state index contributed by atoms with van der Waals surface area (Å²) in [6.45, 7) is 1.64. The van der Waals surface area contributed by atoms with Gasteiger partial charge in [-0.1, -0.05) is 71.9 Å². The normalized spacial score (nSPS) is 13.6. The van der Waals surface area contributed by atoms with Crippen molar-refractivity contribution >= 4 is 39.1 Å². The zero-order valence-electron chi connectivity index (χ0n) is 18.4. The smallest absolute Gasteiger partial charge is 0.265 e. The van der Waals surface area contributed by atoms with E-state index in [9.17, 15) is 13.2 Å². The van der Waals surface area contributed by atoms with E-state index in [-0.39, 0.29) is 11.4 Å². The Labute approximate surface area is 203 Å². The van der Waals surface area contributed by atoms with Crippen LogP contribution in [0.3, 0.4) is 0 Å². The Bertz CT molecular complexity index is 1490. The van der Waals surface area contributed by atoms with Crippen LogP contribution in [-0.4, -0.2) is 20.9 Å². The molecule has 0 unspecified atom stereocenters. The summed E-state index contributed by atoms with van der Waals surface area (Å²) >= 11 is 1.54. The van der Waals surface area contributed by atoms with Crippen LogP contribution in [0.15, 0.2) is 112 Å². The Morgan fingerprint density at radius 2 is 1.56 bits per heavy atom. The van der Waals surface area contributed by atoms with E-state index >= 15 is 0 Å². The molecule has 4 aromatic carbocycles. The summed E-state index contributed by atoms with van der Waals surface area (Å²) in [5, 5.41) is 2.92. The van der Waals surface area contributed by atoms with Gasteiger partial charge in [0, 0.05) is 20.9 Å². The molecule has 4 aromatic rings. The predicted molar refractivity (Wildman–Crippen MR) is 137 cm³/mol. The highest BCUT2D eigenvalue weighted by molar-refractivity contribution is 7.99. The number of hydrogen-bond acceptors (Lipinski definition) is 4. The molecule has 5 rings (SSSR count). The standard InChI is InChI=1S/C27H22N2O3S2/c1-19-15-16-24-22(17-19)21-11-5-8-14-26(21)34(31,32)29(24)18-27(30)28-23-12-6-7-13-25(23)33-20-9-3-2-4-10-20/h2-17H,18H2,1H3,(H,28,30). The van der Waals surface area contributed by atoms with Crippen molar-refractivity contribution in [3.05, 3.63) is 103 Å². The Balaban J connectivity index is 1.45. The van der Waals surface area contributed by atoms with Gasteiger partial charge in [0.1, 0.15) is 6.54 Å². The van der Waals surface area contributed by atoms with Crippen LogP contribution in [0, 0.1) is 6.92 Å². The summed E-state index contributed by atoms with van der Waals surface area (Å²) < 4.78 is 28.2. The number of aryl methyl sites for hydroxylation is 1. The SMILES string of the molecule is Cc1ccc2c(c1)-c1ccccc1S(=O)(=O)N2CC(=O)Nc1ccccc1Sc1ccccc1. The fourth-order valence-corrected chi connectivity index (χ4v) is 6.58. The van der Waals surface area contributed by atoms with Crippen LogP contribution >= 0.6 is 11.8 Å². The first-order valence-corrected chi connectivity index (χ1v) is 13.0. The molecule has 0 fully saturated rings.